The van der Waals surface area contributed by atoms with Gasteiger partial charge in [0.1, 0.15) is 5.83 Å². The molecule has 0 aliphatic carbocycles. The molecule has 0 spiro atoms. The number of halogens is 1. The van der Waals surface area contributed by atoms with Crippen molar-refractivity contribution < 1.29 is 4.39 Å². The van der Waals surface area contributed by atoms with E-state index >= 15 is 0 Å². The number of piperazine rings is 1. The summed E-state index contributed by atoms with van der Waals surface area (Å²) in [6, 6.07) is 0. The summed E-state index contributed by atoms with van der Waals surface area (Å²) in [5.41, 5.74) is 0.524. The van der Waals surface area contributed by atoms with E-state index in [1.54, 1.807) is 6.92 Å². The van der Waals surface area contributed by atoms with Gasteiger partial charge in [-0.2, -0.15) is 0 Å². The zero-order valence-corrected chi connectivity index (χ0v) is 8.39. The lowest BCUT2D eigenvalue weighted by Crippen LogP contribution is -2.43. The standard InChI is InChI=1S/C10H17FN2/c1-4-10(11)9(2)13-7-5-12(3)6-8-13/h4H,2,5-8H2,1,3H3/b10-4+. The van der Waals surface area contributed by atoms with Gasteiger partial charge in [-0.3, -0.25) is 0 Å². The molecule has 1 aliphatic heterocycles. The molecule has 1 rings (SSSR count). The Labute approximate surface area is 79.3 Å². The Morgan fingerprint density at radius 2 is 1.85 bits per heavy atom. The van der Waals surface area contributed by atoms with E-state index in [0.29, 0.717) is 5.70 Å². The molecule has 1 aliphatic rings. The molecule has 0 aromatic carbocycles. The largest absolute Gasteiger partial charge is 0.367 e. The van der Waals surface area contributed by atoms with Crippen LogP contribution in [0.5, 0.6) is 0 Å². The van der Waals surface area contributed by atoms with Crippen molar-refractivity contribution in [2.75, 3.05) is 33.2 Å². The van der Waals surface area contributed by atoms with Gasteiger partial charge in [0, 0.05) is 26.2 Å². The van der Waals surface area contributed by atoms with E-state index in [2.05, 4.69) is 18.5 Å². The molecule has 1 saturated heterocycles. The lowest BCUT2D eigenvalue weighted by Gasteiger charge is -2.34. The number of nitrogens with zero attached hydrogens (tertiary/aromatic N) is 2. The first-order valence-electron chi connectivity index (χ1n) is 4.59. The van der Waals surface area contributed by atoms with Gasteiger partial charge in [-0.05, 0) is 20.0 Å². The minimum Gasteiger partial charge on any atom is -0.367 e. The summed E-state index contributed by atoms with van der Waals surface area (Å²) in [6.45, 7) is 9.14. The molecule has 0 unspecified atom stereocenters. The highest BCUT2D eigenvalue weighted by molar-refractivity contribution is 5.20. The fourth-order valence-corrected chi connectivity index (χ4v) is 1.39. The molecule has 0 aromatic rings. The smallest absolute Gasteiger partial charge is 0.141 e. The van der Waals surface area contributed by atoms with E-state index in [9.17, 15) is 4.39 Å². The fourth-order valence-electron chi connectivity index (χ4n) is 1.39. The molecule has 1 heterocycles. The maximum Gasteiger partial charge on any atom is 0.141 e. The first-order chi connectivity index (χ1) is 6.15. The van der Waals surface area contributed by atoms with Gasteiger partial charge in [0.25, 0.3) is 0 Å². The van der Waals surface area contributed by atoms with E-state index in [0.717, 1.165) is 26.2 Å². The summed E-state index contributed by atoms with van der Waals surface area (Å²) in [5.74, 6) is -0.204. The van der Waals surface area contributed by atoms with Crippen molar-refractivity contribution >= 4 is 0 Å². The van der Waals surface area contributed by atoms with Crippen LogP contribution in [-0.2, 0) is 0 Å². The molecular weight excluding hydrogens is 167 g/mol. The molecule has 74 valence electrons. The Kier molecular flexibility index (Phi) is 3.48. The lowest BCUT2D eigenvalue weighted by molar-refractivity contribution is 0.185. The van der Waals surface area contributed by atoms with Crippen LogP contribution < -0.4 is 0 Å². The van der Waals surface area contributed by atoms with Crippen LogP contribution in [-0.4, -0.2) is 43.0 Å². The van der Waals surface area contributed by atoms with Crippen LogP contribution in [0.3, 0.4) is 0 Å². The summed E-state index contributed by atoms with van der Waals surface area (Å²) in [4.78, 5) is 4.23. The van der Waals surface area contributed by atoms with Gasteiger partial charge in [0.2, 0.25) is 0 Å². The van der Waals surface area contributed by atoms with Crippen molar-refractivity contribution in [3.63, 3.8) is 0 Å². The third-order valence-corrected chi connectivity index (χ3v) is 2.41. The highest BCUT2D eigenvalue weighted by atomic mass is 19.1. The molecule has 0 saturated carbocycles. The fraction of sp³-hybridized carbons (Fsp3) is 0.600. The van der Waals surface area contributed by atoms with Gasteiger partial charge in [-0.1, -0.05) is 6.58 Å². The number of likely N-dealkylation sites (N-methyl/N-ethyl adjacent to an activating group) is 1. The SMILES string of the molecule is C=C(/C(F)=C\C)N1CCN(C)CC1. The third kappa shape index (κ3) is 2.56. The Balaban J connectivity index is 2.50. The van der Waals surface area contributed by atoms with Crippen LogP contribution in [0, 0.1) is 0 Å². The van der Waals surface area contributed by atoms with Crippen molar-refractivity contribution in [2.45, 2.75) is 6.92 Å². The predicted octanol–water partition coefficient (Wildman–Crippen LogP) is 1.62. The van der Waals surface area contributed by atoms with Gasteiger partial charge in [0.05, 0.1) is 5.70 Å². The quantitative estimate of drug-likeness (QED) is 0.602. The second-order valence-electron chi connectivity index (χ2n) is 3.37. The Bertz CT molecular complexity index is 215. The Hall–Kier alpha value is -0.830. The van der Waals surface area contributed by atoms with Gasteiger partial charge >= 0.3 is 0 Å². The molecular formula is C10H17FN2. The molecule has 3 heteroatoms. The summed E-state index contributed by atoms with van der Waals surface area (Å²) in [6.07, 6.45) is 1.46. The van der Waals surface area contributed by atoms with Crippen LogP contribution >= 0.6 is 0 Å². The third-order valence-electron chi connectivity index (χ3n) is 2.41. The molecule has 0 radical (unpaired) electrons. The minimum atomic E-state index is -0.204. The van der Waals surface area contributed by atoms with E-state index in [1.807, 2.05) is 4.90 Å². The molecule has 0 bridgehead atoms. The monoisotopic (exact) mass is 184 g/mol. The zero-order chi connectivity index (χ0) is 9.84. The van der Waals surface area contributed by atoms with Gasteiger partial charge in [0.15, 0.2) is 0 Å². The van der Waals surface area contributed by atoms with Crippen molar-refractivity contribution in [2.24, 2.45) is 0 Å². The molecule has 0 N–H and O–H groups in total. The van der Waals surface area contributed by atoms with Crippen LogP contribution in [0.25, 0.3) is 0 Å². The van der Waals surface area contributed by atoms with Gasteiger partial charge < -0.3 is 9.80 Å². The topological polar surface area (TPSA) is 6.48 Å². The van der Waals surface area contributed by atoms with E-state index in [4.69, 9.17) is 0 Å². The first-order valence-corrected chi connectivity index (χ1v) is 4.59. The highest BCUT2D eigenvalue weighted by Crippen LogP contribution is 2.15. The van der Waals surface area contributed by atoms with Gasteiger partial charge in [-0.15, -0.1) is 0 Å². The van der Waals surface area contributed by atoms with Crippen molar-refractivity contribution in [1.82, 2.24) is 9.80 Å². The molecule has 2 nitrogen and oxygen atoms in total. The van der Waals surface area contributed by atoms with E-state index in [1.165, 1.54) is 6.08 Å². The Morgan fingerprint density at radius 3 is 2.31 bits per heavy atom. The zero-order valence-electron chi connectivity index (χ0n) is 8.39. The number of rotatable bonds is 2. The van der Waals surface area contributed by atoms with Gasteiger partial charge in [-0.25, -0.2) is 4.39 Å². The highest BCUT2D eigenvalue weighted by Gasteiger charge is 2.16. The van der Waals surface area contributed by atoms with E-state index in [-0.39, 0.29) is 5.83 Å². The normalized spacial score (nSPS) is 20.5. The minimum absolute atomic E-state index is 0.204. The first kappa shape index (κ1) is 10.3. The van der Waals surface area contributed by atoms with Crippen molar-refractivity contribution in [3.05, 3.63) is 24.2 Å². The molecule has 13 heavy (non-hydrogen) atoms. The lowest BCUT2D eigenvalue weighted by atomic mass is 10.2. The van der Waals surface area contributed by atoms with Crippen LogP contribution in [0.1, 0.15) is 6.92 Å². The van der Waals surface area contributed by atoms with Crippen molar-refractivity contribution in [3.8, 4) is 0 Å². The van der Waals surface area contributed by atoms with Crippen LogP contribution in [0.4, 0.5) is 4.39 Å². The number of allylic oxidation sites excluding steroid dienone is 2. The maximum atomic E-state index is 13.1. The van der Waals surface area contributed by atoms with E-state index < -0.39 is 0 Å². The summed E-state index contributed by atoms with van der Waals surface area (Å²) in [7, 11) is 2.08. The average Bonchev–Trinajstić information content (AvgIpc) is 2.17. The van der Waals surface area contributed by atoms with Crippen LogP contribution in [0.2, 0.25) is 0 Å². The molecule has 0 atom stereocenters. The molecule has 0 aromatic heterocycles. The summed E-state index contributed by atoms with van der Waals surface area (Å²) in [5, 5.41) is 0. The second kappa shape index (κ2) is 4.42. The maximum absolute atomic E-state index is 13.1. The van der Waals surface area contributed by atoms with Crippen LogP contribution in [0.15, 0.2) is 24.2 Å². The predicted molar refractivity (Wildman–Crippen MR) is 53.1 cm³/mol. The second-order valence-corrected chi connectivity index (χ2v) is 3.37. The number of hydrogen-bond donors (Lipinski definition) is 0. The summed E-state index contributed by atoms with van der Waals surface area (Å²) >= 11 is 0. The summed E-state index contributed by atoms with van der Waals surface area (Å²) < 4.78 is 13.1. The van der Waals surface area contributed by atoms with Crippen molar-refractivity contribution in [1.29, 1.82) is 0 Å². The average molecular weight is 184 g/mol. The molecule has 0 amide bonds. The number of hydrogen-bond acceptors (Lipinski definition) is 2. The Morgan fingerprint density at radius 1 is 1.31 bits per heavy atom. The molecule has 1 fully saturated rings.